The second-order valence-corrected chi connectivity index (χ2v) is 3.49. The summed E-state index contributed by atoms with van der Waals surface area (Å²) >= 11 is 1.68. The van der Waals surface area contributed by atoms with Gasteiger partial charge in [-0.3, -0.25) is 0 Å². The monoisotopic (exact) mass is 191 g/mol. The van der Waals surface area contributed by atoms with Crippen molar-refractivity contribution >= 4 is 11.3 Å². The minimum Gasteiger partial charge on any atom is -0.481 e. The Hall–Kier alpha value is -1.35. The van der Waals surface area contributed by atoms with E-state index in [1.165, 1.54) is 4.88 Å². The number of thiophene rings is 1. The van der Waals surface area contributed by atoms with Gasteiger partial charge in [0, 0.05) is 6.07 Å². The van der Waals surface area contributed by atoms with Crippen molar-refractivity contribution in [3.8, 4) is 16.5 Å². The first-order valence-corrected chi connectivity index (χ1v) is 4.83. The maximum atomic E-state index is 5.05. The Morgan fingerprint density at radius 2 is 2.15 bits per heavy atom. The summed E-state index contributed by atoms with van der Waals surface area (Å²) < 4.78 is 5.05. The number of hydrogen-bond donors (Lipinski definition) is 0. The Balaban J connectivity index is 2.41. The van der Waals surface area contributed by atoms with Gasteiger partial charge in [-0.25, -0.2) is 4.98 Å². The number of aromatic nitrogens is 1. The molecule has 2 nitrogen and oxygen atoms in total. The number of pyridine rings is 1. The Morgan fingerprint density at radius 3 is 2.85 bits per heavy atom. The highest BCUT2D eigenvalue weighted by Gasteiger charge is 2.00. The molecule has 0 fully saturated rings. The smallest absolute Gasteiger partial charge is 0.213 e. The first-order valence-electron chi connectivity index (χ1n) is 3.95. The summed E-state index contributed by atoms with van der Waals surface area (Å²) in [5.41, 5.74) is 0.967. The molecule has 2 aromatic heterocycles. The molecule has 13 heavy (non-hydrogen) atoms. The second-order valence-electron chi connectivity index (χ2n) is 2.54. The van der Waals surface area contributed by atoms with E-state index >= 15 is 0 Å². The molecule has 2 aromatic rings. The Kier molecular flexibility index (Phi) is 2.27. The Labute approximate surface area is 80.8 Å². The predicted molar refractivity (Wildman–Crippen MR) is 54.1 cm³/mol. The zero-order chi connectivity index (χ0) is 9.10. The zero-order valence-corrected chi connectivity index (χ0v) is 8.04. The standard InChI is InChI=1S/C10H9NOS/c1-12-10-6-2-4-8(11-10)9-5-3-7-13-9/h2-7H,1H3. The van der Waals surface area contributed by atoms with Crippen molar-refractivity contribution in [3.63, 3.8) is 0 Å². The number of nitrogens with zero attached hydrogens (tertiary/aromatic N) is 1. The van der Waals surface area contributed by atoms with Crippen molar-refractivity contribution in [2.24, 2.45) is 0 Å². The third-order valence-corrected chi connectivity index (χ3v) is 2.60. The van der Waals surface area contributed by atoms with Crippen LogP contribution in [0.25, 0.3) is 10.6 Å². The summed E-state index contributed by atoms with van der Waals surface area (Å²) in [6.45, 7) is 0. The van der Waals surface area contributed by atoms with Gasteiger partial charge in [-0.15, -0.1) is 11.3 Å². The number of methoxy groups -OCH3 is 1. The van der Waals surface area contributed by atoms with Gasteiger partial charge in [0.15, 0.2) is 0 Å². The van der Waals surface area contributed by atoms with Crippen LogP contribution in [0.5, 0.6) is 5.88 Å². The molecule has 0 aliphatic carbocycles. The largest absolute Gasteiger partial charge is 0.481 e. The second kappa shape index (κ2) is 3.58. The maximum absolute atomic E-state index is 5.05. The fraction of sp³-hybridized carbons (Fsp3) is 0.100. The van der Waals surface area contributed by atoms with Gasteiger partial charge in [-0.2, -0.15) is 0 Å². The van der Waals surface area contributed by atoms with Crippen molar-refractivity contribution in [3.05, 3.63) is 35.7 Å². The van der Waals surface area contributed by atoms with Gasteiger partial charge in [-0.1, -0.05) is 12.1 Å². The van der Waals surface area contributed by atoms with Crippen LogP contribution in [-0.4, -0.2) is 12.1 Å². The molecule has 0 aromatic carbocycles. The van der Waals surface area contributed by atoms with Gasteiger partial charge >= 0.3 is 0 Å². The highest BCUT2D eigenvalue weighted by atomic mass is 32.1. The summed E-state index contributed by atoms with van der Waals surface area (Å²) in [6.07, 6.45) is 0. The van der Waals surface area contributed by atoms with E-state index in [0.29, 0.717) is 5.88 Å². The summed E-state index contributed by atoms with van der Waals surface area (Å²) in [7, 11) is 1.63. The fourth-order valence-electron chi connectivity index (χ4n) is 1.09. The van der Waals surface area contributed by atoms with Crippen LogP contribution >= 0.6 is 11.3 Å². The van der Waals surface area contributed by atoms with Crippen molar-refractivity contribution in [2.45, 2.75) is 0 Å². The van der Waals surface area contributed by atoms with Gasteiger partial charge < -0.3 is 4.74 Å². The topological polar surface area (TPSA) is 22.1 Å². The average Bonchev–Trinajstić information content (AvgIpc) is 2.71. The predicted octanol–water partition coefficient (Wildman–Crippen LogP) is 2.82. The van der Waals surface area contributed by atoms with E-state index in [9.17, 15) is 0 Å². The molecule has 0 atom stereocenters. The van der Waals surface area contributed by atoms with E-state index in [0.717, 1.165) is 5.69 Å². The van der Waals surface area contributed by atoms with E-state index in [1.54, 1.807) is 18.4 Å². The van der Waals surface area contributed by atoms with Gasteiger partial charge in [0.2, 0.25) is 5.88 Å². The van der Waals surface area contributed by atoms with Crippen LogP contribution in [0.1, 0.15) is 0 Å². The third kappa shape index (κ3) is 1.70. The van der Waals surface area contributed by atoms with Gasteiger partial charge in [0.05, 0.1) is 17.7 Å². The normalized spacial score (nSPS) is 9.92. The molecule has 3 heteroatoms. The quantitative estimate of drug-likeness (QED) is 0.728. The lowest BCUT2D eigenvalue weighted by atomic mass is 10.3. The van der Waals surface area contributed by atoms with Gasteiger partial charge in [0.1, 0.15) is 0 Å². The van der Waals surface area contributed by atoms with E-state index in [-0.39, 0.29) is 0 Å². The molecular weight excluding hydrogens is 182 g/mol. The lowest BCUT2D eigenvalue weighted by Gasteiger charge is -2.00. The summed E-state index contributed by atoms with van der Waals surface area (Å²) in [4.78, 5) is 5.49. The van der Waals surface area contributed by atoms with Gasteiger partial charge in [0.25, 0.3) is 0 Å². The molecule has 0 unspecified atom stereocenters. The lowest BCUT2D eigenvalue weighted by molar-refractivity contribution is 0.398. The van der Waals surface area contributed by atoms with Gasteiger partial charge in [-0.05, 0) is 17.5 Å². The first-order chi connectivity index (χ1) is 6.40. The van der Waals surface area contributed by atoms with Crippen LogP contribution in [0.15, 0.2) is 35.7 Å². The number of ether oxygens (including phenoxy) is 1. The zero-order valence-electron chi connectivity index (χ0n) is 7.23. The molecule has 0 saturated carbocycles. The highest BCUT2D eigenvalue weighted by molar-refractivity contribution is 7.13. The SMILES string of the molecule is COc1cccc(-c2cccs2)n1. The number of rotatable bonds is 2. The molecule has 2 rings (SSSR count). The van der Waals surface area contributed by atoms with Crippen LogP contribution in [-0.2, 0) is 0 Å². The van der Waals surface area contributed by atoms with E-state index in [2.05, 4.69) is 4.98 Å². The molecule has 0 bridgehead atoms. The maximum Gasteiger partial charge on any atom is 0.213 e. The fourth-order valence-corrected chi connectivity index (χ4v) is 1.79. The first kappa shape index (κ1) is 8.26. The Morgan fingerprint density at radius 1 is 1.23 bits per heavy atom. The van der Waals surface area contributed by atoms with E-state index in [4.69, 9.17) is 4.74 Å². The molecule has 2 heterocycles. The molecule has 66 valence electrons. The number of hydrogen-bond acceptors (Lipinski definition) is 3. The summed E-state index contributed by atoms with van der Waals surface area (Å²) in [5.74, 6) is 0.658. The third-order valence-electron chi connectivity index (χ3n) is 1.71. The minimum atomic E-state index is 0.658. The molecular formula is C10H9NOS. The van der Waals surface area contributed by atoms with E-state index in [1.807, 2.05) is 35.7 Å². The van der Waals surface area contributed by atoms with E-state index < -0.39 is 0 Å². The minimum absolute atomic E-state index is 0.658. The average molecular weight is 191 g/mol. The lowest BCUT2D eigenvalue weighted by Crippen LogP contribution is -1.87. The van der Waals surface area contributed by atoms with Crippen LogP contribution in [0.2, 0.25) is 0 Å². The molecule has 0 aliphatic rings. The molecule has 0 saturated heterocycles. The van der Waals surface area contributed by atoms with Crippen LogP contribution in [0.3, 0.4) is 0 Å². The molecule has 0 spiro atoms. The molecule has 0 aliphatic heterocycles. The highest BCUT2D eigenvalue weighted by Crippen LogP contribution is 2.23. The van der Waals surface area contributed by atoms with Crippen molar-refractivity contribution in [2.75, 3.05) is 7.11 Å². The van der Waals surface area contributed by atoms with Crippen molar-refractivity contribution in [1.82, 2.24) is 4.98 Å². The molecule has 0 radical (unpaired) electrons. The Bertz CT molecular complexity index is 384. The van der Waals surface area contributed by atoms with Crippen molar-refractivity contribution < 1.29 is 4.74 Å². The summed E-state index contributed by atoms with van der Waals surface area (Å²) in [5, 5.41) is 2.04. The summed E-state index contributed by atoms with van der Waals surface area (Å²) in [6, 6.07) is 9.83. The van der Waals surface area contributed by atoms with Crippen LogP contribution in [0.4, 0.5) is 0 Å². The molecule has 0 N–H and O–H groups in total. The van der Waals surface area contributed by atoms with Crippen molar-refractivity contribution in [1.29, 1.82) is 0 Å². The van der Waals surface area contributed by atoms with Crippen LogP contribution < -0.4 is 4.74 Å². The van der Waals surface area contributed by atoms with Crippen LogP contribution in [0, 0.1) is 0 Å². The molecule has 0 amide bonds.